The monoisotopic (exact) mass is 758 g/mol. The van der Waals surface area contributed by atoms with Crippen LogP contribution in [0.1, 0.15) is 76.9 Å². The normalized spacial score (nSPS) is 16.1. The van der Waals surface area contributed by atoms with Crippen LogP contribution in [0.15, 0.2) is 41.4 Å². The highest BCUT2D eigenvalue weighted by atomic mass is 127. The van der Waals surface area contributed by atoms with Gasteiger partial charge in [-0.2, -0.15) is 0 Å². The van der Waals surface area contributed by atoms with Crippen LogP contribution in [-0.2, 0) is 19.4 Å². The molecule has 2 aliphatic rings. The number of nitrogens with zero attached hydrogens (tertiary/aromatic N) is 1. The molecule has 1 aromatic heterocycles. The summed E-state index contributed by atoms with van der Waals surface area (Å²) in [6.45, 7) is 0.417. The lowest BCUT2D eigenvalue weighted by atomic mass is 9.93. The molecule has 3 aromatic rings. The molecule has 1 saturated carbocycles. The first-order valence-corrected chi connectivity index (χ1v) is 16.2. The topological polar surface area (TPSA) is 50.7 Å². The van der Waals surface area contributed by atoms with E-state index >= 15 is 0 Å². The van der Waals surface area contributed by atoms with Crippen LogP contribution in [0, 0.1) is 7.14 Å². The van der Waals surface area contributed by atoms with E-state index in [0.29, 0.717) is 11.6 Å². The summed E-state index contributed by atoms with van der Waals surface area (Å²) in [4.78, 5) is 19.8. The van der Waals surface area contributed by atoms with Crippen LogP contribution in [0.5, 0.6) is 5.75 Å². The highest BCUT2D eigenvalue weighted by Crippen LogP contribution is 2.40. The summed E-state index contributed by atoms with van der Waals surface area (Å²) in [5.74, 6) is 0.840. The summed E-state index contributed by atoms with van der Waals surface area (Å²) in [5.41, 5.74) is 3.93. The Balaban J connectivity index is 1.44. The number of carbonyl (C=O) groups is 1. The van der Waals surface area contributed by atoms with Crippen LogP contribution in [0.3, 0.4) is 0 Å². The molecule has 1 heterocycles. The molecule has 37 heavy (non-hydrogen) atoms. The maximum absolute atomic E-state index is 13.5. The lowest BCUT2D eigenvalue weighted by molar-refractivity contribution is 0.0927. The quantitative estimate of drug-likeness (QED) is 0.194. The van der Waals surface area contributed by atoms with Gasteiger partial charge in [0, 0.05) is 31.3 Å². The van der Waals surface area contributed by atoms with Gasteiger partial charge in [-0.25, -0.2) is 4.99 Å². The summed E-state index contributed by atoms with van der Waals surface area (Å²) in [5, 5.41) is 4.85. The van der Waals surface area contributed by atoms with Crippen LogP contribution in [0.4, 0.5) is 5.00 Å². The Bertz CT molecular complexity index is 1320. The van der Waals surface area contributed by atoms with E-state index in [1.54, 1.807) is 11.3 Å². The Morgan fingerprint density at radius 3 is 2.73 bits per heavy atom. The number of benzene rings is 2. The summed E-state index contributed by atoms with van der Waals surface area (Å²) >= 11 is 12.5. The number of fused-ring (bicyclic) bond motifs is 1. The number of amides is 1. The van der Waals surface area contributed by atoms with E-state index in [2.05, 4.69) is 62.6 Å². The van der Waals surface area contributed by atoms with Crippen molar-refractivity contribution in [1.29, 1.82) is 0 Å². The molecule has 8 heteroatoms. The van der Waals surface area contributed by atoms with Crippen LogP contribution in [0.2, 0.25) is 5.02 Å². The second kappa shape index (κ2) is 12.8. The third-order valence-corrected chi connectivity index (χ3v) is 9.81. The SMILES string of the molecule is O=C(NC1CCCCC1)c1c(N=Cc2cc(I)cc(I)c2OCc2cccc(Cl)c2)sc2c1CCCC2. The van der Waals surface area contributed by atoms with Gasteiger partial charge >= 0.3 is 0 Å². The van der Waals surface area contributed by atoms with Crippen molar-refractivity contribution < 1.29 is 9.53 Å². The van der Waals surface area contributed by atoms with E-state index in [1.807, 2.05) is 30.5 Å². The van der Waals surface area contributed by atoms with E-state index in [1.165, 1.54) is 36.1 Å². The predicted octanol–water partition coefficient (Wildman–Crippen LogP) is 8.88. The van der Waals surface area contributed by atoms with Crippen molar-refractivity contribution in [2.75, 3.05) is 0 Å². The van der Waals surface area contributed by atoms with Crippen molar-refractivity contribution in [2.24, 2.45) is 4.99 Å². The van der Waals surface area contributed by atoms with Gasteiger partial charge in [0.2, 0.25) is 0 Å². The number of carbonyl (C=O) groups excluding carboxylic acids is 1. The van der Waals surface area contributed by atoms with Gasteiger partial charge in [-0.1, -0.05) is 43.0 Å². The van der Waals surface area contributed by atoms with Gasteiger partial charge in [0.05, 0.1) is 9.13 Å². The highest BCUT2D eigenvalue weighted by Gasteiger charge is 2.27. The van der Waals surface area contributed by atoms with E-state index in [0.717, 1.165) is 66.7 Å². The largest absolute Gasteiger partial charge is 0.487 e. The Morgan fingerprint density at radius 2 is 1.92 bits per heavy atom. The zero-order chi connectivity index (χ0) is 25.8. The van der Waals surface area contributed by atoms with Crippen LogP contribution < -0.4 is 10.1 Å². The fourth-order valence-electron chi connectivity index (χ4n) is 5.12. The molecule has 1 fully saturated rings. The number of thiophene rings is 1. The van der Waals surface area contributed by atoms with Crippen molar-refractivity contribution in [3.05, 3.63) is 75.7 Å². The van der Waals surface area contributed by atoms with Crippen molar-refractivity contribution in [2.45, 2.75) is 70.4 Å². The highest BCUT2D eigenvalue weighted by molar-refractivity contribution is 14.1. The summed E-state index contributed by atoms with van der Waals surface area (Å²) in [7, 11) is 0. The molecule has 0 bridgehead atoms. The number of nitrogens with one attached hydrogen (secondary N) is 1. The molecule has 194 valence electrons. The minimum absolute atomic E-state index is 0.0492. The fraction of sp³-hybridized carbons (Fsp3) is 0.379. The van der Waals surface area contributed by atoms with Crippen LogP contribution in [0.25, 0.3) is 0 Å². The van der Waals surface area contributed by atoms with Gasteiger partial charge in [-0.15, -0.1) is 11.3 Å². The lowest BCUT2D eigenvalue weighted by Gasteiger charge is -2.23. The van der Waals surface area contributed by atoms with Gasteiger partial charge in [-0.3, -0.25) is 4.79 Å². The smallest absolute Gasteiger partial charge is 0.254 e. The van der Waals surface area contributed by atoms with E-state index in [-0.39, 0.29) is 11.9 Å². The Hall–Kier alpha value is -1.17. The molecule has 2 aromatic carbocycles. The fourth-order valence-corrected chi connectivity index (χ4v) is 8.61. The molecule has 0 saturated heterocycles. The number of aliphatic imine (C=N–C) groups is 1. The predicted molar refractivity (Wildman–Crippen MR) is 170 cm³/mol. The molecule has 5 rings (SSSR count). The molecule has 0 aliphatic heterocycles. The molecule has 4 nitrogen and oxygen atoms in total. The first-order valence-electron chi connectivity index (χ1n) is 12.8. The zero-order valence-corrected chi connectivity index (χ0v) is 26.4. The first kappa shape index (κ1) is 27.4. The van der Waals surface area contributed by atoms with Crippen molar-refractivity contribution >= 4 is 85.2 Å². The molecule has 0 radical (unpaired) electrons. The molecule has 1 amide bonds. The molecular formula is C29H29ClI2N2O2S. The second-order valence-corrected chi connectivity index (χ2v) is 13.6. The minimum Gasteiger partial charge on any atom is -0.487 e. The lowest BCUT2D eigenvalue weighted by Crippen LogP contribution is -2.36. The van der Waals surface area contributed by atoms with Crippen molar-refractivity contribution in [3.63, 3.8) is 0 Å². The molecular weight excluding hydrogens is 730 g/mol. The Kier molecular flexibility index (Phi) is 9.47. The zero-order valence-electron chi connectivity index (χ0n) is 20.5. The second-order valence-electron chi connectivity index (χ2n) is 9.68. The molecule has 0 unspecified atom stereocenters. The number of ether oxygens (including phenoxy) is 1. The number of halogens is 3. The first-order chi connectivity index (χ1) is 18.0. The van der Waals surface area contributed by atoms with E-state index in [4.69, 9.17) is 21.3 Å². The maximum atomic E-state index is 13.5. The number of aryl methyl sites for hydroxylation is 1. The average molecular weight is 759 g/mol. The van der Waals surface area contributed by atoms with Gasteiger partial charge in [0.1, 0.15) is 17.4 Å². The van der Waals surface area contributed by atoms with Gasteiger partial charge < -0.3 is 10.1 Å². The Morgan fingerprint density at radius 1 is 1.11 bits per heavy atom. The standard InChI is InChI=1S/C29H29ClI2N2O2S/c30-20-8-6-7-18(13-20)17-36-27-19(14-21(31)15-24(27)32)16-33-29-26(23-11-4-5-12-25(23)37-29)28(35)34-22-9-2-1-3-10-22/h6-8,13-16,22H,1-5,9-12,17H2,(H,34,35). The van der Waals surface area contributed by atoms with Gasteiger partial charge in [0.15, 0.2) is 0 Å². The van der Waals surface area contributed by atoms with Crippen molar-refractivity contribution in [3.8, 4) is 5.75 Å². The average Bonchev–Trinajstić information content (AvgIpc) is 3.26. The molecule has 0 spiro atoms. The van der Waals surface area contributed by atoms with Crippen molar-refractivity contribution in [1.82, 2.24) is 5.32 Å². The Labute approximate surface area is 254 Å². The van der Waals surface area contributed by atoms with E-state index in [9.17, 15) is 4.79 Å². The third-order valence-electron chi connectivity index (χ3n) is 6.95. The molecule has 0 atom stereocenters. The van der Waals surface area contributed by atoms with Crippen LogP contribution in [-0.4, -0.2) is 18.2 Å². The van der Waals surface area contributed by atoms with E-state index < -0.39 is 0 Å². The number of rotatable bonds is 7. The van der Waals surface area contributed by atoms with Gasteiger partial charge in [-0.05, 0) is 119 Å². The maximum Gasteiger partial charge on any atom is 0.254 e. The number of hydrogen-bond donors (Lipinski definition) is 1. The third kappa shape index (κ3) is 6.89. The molecule has 2 aliphatic carbocycles. The summed E-state index contributed by atoms with van der Waals surface area (Å²) in [6.07, 6.45) is 12.0. The van der Waals surface area contributed by atoms with Crippen LogP contribution >= 0.6 is 68.1 Å². The number of hydrogen-bond acceptors (Lipinski definition) is 4. The summed E-state index contributed by atoms with van der Waals surface area (Å²) < 4.78 is 8.41. The summed E-state index contributed by atoms with van der Waals surface area (Å²) in [6, 6.07) is 12.2. The molecule has 1 N–H and O–H groups in total. The minimum atomic E-state index is 0.0492. The van der Waals surface area contributed by atoms with Gasteiger partial charge in [0.25, 0.3) is 5.91 Å².